The number of fused-ring (bicyclic) bond motifs is 4. The minimum absolute atomic E-state index is 0.0114. The molecule has 4 aliphatic rings. The number of aromatic nitrogens is 3. The first kappa shape index (κ1) is 30.4. The Hall–Kier alpha value is -3.93. The zero-order valence-corrected chi connectivity index (χ0v) is 26.4. The van der Waals surface area contributed by atoms with Crippen LogP contribution >= 0.6 is 11.3 Å². The van der Waals surface area contributed by atoms with Gasteiger partial charge in [-0.3, -0.25) is 9.98 Å². The molecule has 8 rings (SSSR count). The number of nitrogens with one attached hydrogen (secondary N) is 1. The van der Waals surface area contributed by atoms with E-state index in [1.54, 1.807) is 0 Å². The summed E-state index contributed by atoms with van der Waals surface area (Å²) in [5.41, 5.74) is 0.0908. The highest BCUT2D eigenvalue weighted by Gasteiger charge is 2.47. The third-order valence-electron chi connectivity index (χ3n) is 10.1. The number of halogens is 4. The topological polar surface area (TPSA) is 103 Å². The molecule has 2 atom stereocenters. The van der Waals surface area contributed by atoms with E-state index >= 15 is 4.39 Å². The van der Waals surface area contributed by atoms with Gasteiger partial charge in [0.25, 0.3) is 5.92 Å². The van der Waals surface area contributed by atoms with Gasteiger partial charge in [0.15, 0.2) is 5.82 Å². The molecule has 2 unspecified atom stereocenters. The standard InChI is InChI=1S/C33H32F4N8OS/c1-39-30-21(12-38)24-20(4-5-23(34)28(24)47-30)26-25(35)27-22(13-40-26)29(45-14-18-2-3-19(15-45)41-18)43-31(42-27)46-17-32(6-7-32)16-44-10-8-33(36,37)9-11-44/h4-5,13,18-19,41H,1-3,6-11,14-17H2. The molecule has 6 heterocycles. The van der Waals surface area contributed by atoms with Crippen LogP contribution in [-0.4, -0.2) is 83.9 Å². The van der Waals surface area contributed by atoms with Crippen molar-refractivity contribution in [3.8, 4) is 23.3 Å². The molecule has 2 bridgehead atoms. The monoisotopic (exact) mass is 664 g/mol. The Balaban J connectivity index is 1.18. The molecule has 14 heteroatoms. The SMILES string of the molecule is C=Nc1sc2c(F)ccc(-c3ncc4c(N5CC6CCC(C5)N6)nc(OCC5(CN6CCC(F)(F)CC6)CC5)nc4c3F)c2c1C#N. The maximum absolute atomic E-state index is 16.7. The number of thiophene rings is 1. The highest BCUT2D eigenvalue weighted by Crippen LogP contribution is 2.48. The van der Waals surface area contributed by atoms with Crippen LogP contribution in [0.4, 0.5) is 28.4 Å². The van der Waals surface area contributed by atoms with Gasteiger partial charge < -0.3 is 19.9 Å². The van der Waals surface area contributed by atoms with Crippen LogP contribution in [0.3, 0.4) is 0 Å². The summed E-state index contributed by atoms with van der Waals surface area (Å²) < 4.78 is 65.5. The summed E-state index contributed by atoms with van der Waals surface area (Å²) in [4.78, 5) is 22.0. The largest absolute Gasteiger partial charge is 0.463 e. The van der Waals surface area contributed by atoms with E-state index in [0.717, 1.165) is 37.0 Å². The second-order valence-corrected chi connectivity index (χ2v) is 14.3. The van der Waals surface area contributed by atoms with Gasteiger partial charge in [-0.2, -0.15) is 15.2 Å². The Morgan fingerprint density at radius 2 is 1.85 bits per heavy atom. The third-order valence-corrected chi connectivity index (χ3v) is 11.2. The second-order valence-electron chi connectivity index (χ2n) is 13.3. The van der Waals surface area contributed by atoms with Crippen molar-refractivity contribution < 1.29 is 22.3 Å². The molecular formula is C33H32F4N8OS. The van der Waals surface area contributed by atoms with Crippen molar-refractivity contribution in [2.45, 2.75) is 56.5 Å². The first-order valence-electron chi connectivity index (χ1n) is 15.9. The number of alkyl halides is 2. The van der Waals surface area contributed by atoms with Crippen LogP contribution in [-0.2, 0) is 0 Å². The molecular weight excluding hydrogens is 632 g/mol. The number of likely N-dealkylation sites (tertiary alicyclic amines) is 1. The van der Waals surface area contributed by atoms with Gasteiger partial charge in [-0.25, -0.2) is 17.6 Å². The van der Waals surface area contributed by atoms with Crippen molar-refractivity contribution in [2.75, 3.05) is 44.2 Å². The molecule has 0 radical (unpaired) electrons. The lowest BCUT2D eigenvalue weighted by Crippen LogP contribution is -2.51. The zero-order valence-electron chi connectivity index (χ0n) is 25.5. The molecule has 1 aromatic carbocycles. The Morgan fingerprint density at radius 3 is 2.53 bits per heavy atom. The zero-order chi connectivity index (χ0) is 32.5. The molecule has 47 heavy (non-hydrogen) atoms. The fourth-order valence-corrected chi connectivity index (χ4v) is 8.30. The van der Waals surface area contributed by atoms with Crippen LogP contribution in [0.2, 0.25) is 0 Å². The predicted octanol–water partition coefficient (Wildman–Crippen LogP) is 6.22. The minimum Gasteiger partial charge on any atom is -0.463 e. The number of hydrogen-bond acceptors (Lipinski definition) is 10. The van der Waals surface area contributed by atoms with Gasteiger partial charge in [0, 0.05) is 80.2 Å². The van der Waals surface area contributed by atoms with Gasteiger partial charge in [-0.15, -0.1) is 11.3 Å². The van der Waals surface area contributed by atoms with E-state index in [1.807, 2.05) is 0 Å². The number of hydrogen-bond donors (Lipinski definition) is 1. The lowest BCUT2D eigenvalue weighted by Gasteiger charge is -2.34. The lowest BCUT2D eigenvalue weighted by atomic mass is 10.0. The van der Waals surface area contributed by atoms with Crippen molar-refractivity contribution in [1.82, 2.24) is 25.2 Å². The number of ether oxygens (including phenoxy) is 1. The summed E-state index contributed by atoms with van der Waals surface area (Å²) in [7, 11) is 0. The Morgan fingerprint density at radius 1 is 1.11 bits per heavy atom. The average Bonchev–Trinajstić information content (AvgIpc) is 3.59. The van der Waals surface area contributed by atoms with Crippen molar-refractivity contribution in [1.29, 1.82) is 5.26 Å². The summed E-state index contributed by atoms with van der Waals surface area (Å²) >= 11 is 0.975. The molecule has 0 spiro atoms. The number of aliphatic imine (C=N–C) groups is 1. The summed E-state index contributed by atoms with van der Waals surface area (Å²) in [6.45, 7) is 6.50. The maximum Gasteiger partial charge on any atom is 0.319 e. The normalized spacial score (nSPS) is 23.3. The minimum atomic E-state index is -2.61. The molecule has 1 saturated carbocycles. The smallest absolute Gasteiger partial charge is 0.319 e. The first-order chi connectivity index (χ1) is 22.7. The van der Waals surface area contributed by atoms with E-state index in [-0.39, 0.29) is 80.4 Å². The highest BCUT2D eigenvalue weighted by atomic mass is 32.1. The molecule has 1 N–H and O–H groups in total. The van der Waals surface area contributed by atoms with Crippen LogP contribution in [0.1, 0.15) is 44.1 Å². The number of piperidine rings is 1. The van der Waals surface area contributed by atoms with Crippen molar-refractivity contribution >= 4 is 49.9 Å². The van der Waals surface area contributed by atoms with Crippen molar-refractivity contribution in [3.63, 3.8) is 0 Å². The second kappa shape index (κ2) is 11.4. The number of nitriles is 1. The molecule has 4 aromatic rings. The van der Waals surface area contributed by atoms with Gasteiger partial charge in [0.05, 0.1) is 22.3 Å². The molecule has 3 saturated heterocycles. The van der Waals surface area contributed by atoms with E-state index in [2.05, 4.69) is 42.9 Å². The van der Waals surface area contributed by atoms with Gasteiger partial charge >= 0.3 is 6.01 Å². The van der Waals surface area contributed by atoms with E-state index in [9.17, 15) is 18.4 Å². The molecule has 1 aliphatic carbocycles. The van der Waals surface area contributed by atoms with Gasteiger partial charge in [0.1, 0.15) is 33.9 Å². The molecule has 0 amide bonds. The van der Waals surface area contributed by atoms with Crippen molar-refractivity contribution in [3.05, 3.63) is 35.5 Å². The Bertz CT molecular complexity index is 1930. The quantitative estimate of drug-likeness (QED) is 0.175. The van der Waals surface area contributed by atoms with Crippen LogP contribution in [0.25, 0.3) is 32.2 Å². The Labute approximate surface area is 272 Å². The van der Waals surface area contributed by atoms with Crippen LogP contribution in [0.5, 0.6) is 6.01 Å². The lowest BCUT2D eigenvalue weighted by molar-refractivity contribution is -0.0591. The fourth-order valence-electron chi connectivity index (χ4n) is 7.31. The number of piperazine rings is 1. The molecule has 3 aromatic heterocycles. The molecule has 3 aliphatic heterocycles. The van der Waals surface area contributed by atoms with Crippen LogP contribution < -0.4 is 15.0 Å². The molecule has 9 nitrogen and oxygen atoms in total. The van der Waals surface area contributed by atoms with Crippen LogP contribution in [0, 0.1) is 28.4 Å². The highest BCUT2D eigenvalue weighted by molar-refractivity contribution is 7.23. The number of nitrogens with zero attached hydrogens (tertiary/aromatic N) is 7. The number of rotatable bonds is 8. The van der Waals surface area contributed by atoms with Gasteiger partial charge in [-0.05, 0) is 44.5 Å². The number of pyridine rings is 1. The van der Waals surface area contributed by atoms with E-state index in [4.69, 9.17) is 9.72 Å². The number of benzene rings is 1. The van der Waals surface area contributed by atoms with Crippen molar-refractivity contribution in [2.24, 2.45) is 10.4 Å². The third kappa shape index (κ3) is 5.48. The van der Waals surface area contributed by atoms with Crippen LogP contribution in [0.15, 0.2) is 23.3 Å². The fraction of sp³-hybridized carbons (Fsp3) is 0.485. The summed E-state index contributed by atoms with van der Waals surface area (Å²) in [6, 6.07) is 5.31. The average molecular weight is 665 g/mol. The molecule has 4 fully saturated rings. The summed E-state index contributed by atoms with van der Waals surface area (Å²) in [6.07, 6.45) is 5.12. The maximum atomic E-state index is 16.7. The summed E-state index contributed by atoms with van der Waals surface area (Å²) in [5, 5.41) is 14.4. The van der Waals surface area contributed by atoms with Gasteiger partial charge in [-0.1, -0.05) is 0 Å². The summed E-state index contributed by atoms with van der Waals surface area (Å²) in [5.74, 6) is -3.37. The van der Waals surface area contributed by atoms with E-state index < -0.39 is 17.6 Å². The first-order valence-corrected chi connectivity index (χ1v) is 16.7. The number of anilines is 1. The van der Waals surface area contributed by atoms with E-state index in [0.29, 0.717) is 43.9 Å². The van der Waals surface area contributed by atoms with Gasteiger partial charge in [0.2, 0.25) is 0 Å². The molecule has 244 valence electrons. The Kier molecular flexibility index (Phi) is 7.34. The predicted molar refractivity (Wildman–Crippen MR) is 172 cm³/mol. The van der Waals surface area contributed by atoms with E-state index in [1.165, 1.54) is 18.3 Å².